The molecular formula is C13H13BrFNO. The number of carbonyl (C=O) groups excluding carboxylic acids is 1. The maximum Gasteiger partial charge on any atom is 0.258 e. The van der Waals surface area contributed by atoms with Crippen LogP contribution in [-0.4, -0.2) is 23.9 Å². The first-order valence-corrected chi connectivity index (χ1v) is 6.28. The molecule has 0 bridgehead atoms. The summed E-state index contributed by atoms with van der Waals surface area (Å²) in [6.45, 7) is 3.26. The molecule has 1 aromatic carbocycles. The molecule has 1 aromatic rings. The lowest BCUT2D eigenvalue weighted by molar-refractivity contribution is 0.0763. The molecule has 2 nitrogen and oxygen atoms in total. The second-order valence-corrected chi connectivity index (χ2v) is 5.00. The minimum atomic E-state index is -0.476. The molecule has 90 valence electrons. The van der Waals surface area contributed by atoms with Crippen LogP contribution in [0.3, 0.4) is 0 Å². The van der Waals surface area contributed by atoms with Crippen molar-refractivity contribution >= 4 is 21.8 Å². The summed E-state index contributed by atoms with van der Waals surface area (Å²) >= 11 is 3.22. The smallest absolute Gasteiger partial charge is 0.258 e. The Morgan fingerprint density at radius 2 is 2.24 bits per heavy atom. The molecule has 1 heterocycles. The summed E-state index contributed by atoms with van der Waals surface area (Å²) in [7, 11) is 0. The van der Waals surface area contributed by atoms with Crippen LogP contribution in [0.2, 0.25) is 0 Å². The SMILES string of the molecule is CC1=CCN(C(=O)c2c(F)cccc2Br)CC1. The van der Waals surface area contributed by atoms with Crippen molar-refractivity contribution in [1.82, 2.24) is 4.90 Å². The molecule has 0 aliphatic carbocycles. The van der Waals surface area contributed by atoms with E-state index in [2.05, 4.69) is 15.9 Å². The van der Waals surface area contributed by atoms with E-state index in [1.165, 1.54) is 11.6 Å². The van der Waals surface area contributed by atoms with Gasteiger partial charge in [-0.15, -0.1) is 0 Å². The van der Waals surface area contributed by atoms with Crippen molar-refractivity contribution in [3.05, 3.63) is 45.7 Å². The standard InChI is InChI=1S/C13H13BrFNO/c1-9-5-7-16(8-6-9)13(17)12-10(14)3-2-4-11(12)15/h2-5H,6-8H2,1H3. The van der Waals surface area contributed by atoms with Gasteiger partial charge >= 0.3 is 0 Å². The largest absolute Gasteiger partial charge is 0.334 e. The van der Waals surface area contributed by atoms with E-state index in [0.717, 1.165) is 6.42 Å². The third kappa shape index (κ3) is 2.57. The first kappa shape index (κ1) is 12.3. The van der Waals surface area contributed by atoms with Crippen LogP contribution in [0.25, 0.3) is 0 Å². The minimum Gasteiger partial charge on any atom is -0.334 e. The Hall–Kier alpha value is -1.16. The van der Waals surface area contributed by atoms with Crippen LogP contribution in [0.4, 0.5) is 4.39 Å². The van der Waals surface area contributed by atoms with Gasteiger partial charge in [-0.3, -0.25) is 4.79 Å². The van der Waals surface area contributed by atoms with E-state index in [4.69, 9.17) is 0 Å². The maximum absolute atomic E-state index is 13.6. The molecule has 4 heteroatoms. The molecule has 0 spiro atoms. The Bertz CT molecular complexity index is 464. The molecule has 1 aliphatic rings. The van der Waals surface area contributed by atoms with Gasteiger partial charge < -0.3 is 4.90 Å². The van der Waals surface area contributed by atoms with Gasteiger partial charge in [0.05, 0.1) is 5.56 Å². The molecule has 0 N–H and O–H groups in total. The molecule has 1 aliphatic heterocycles. The maximum atomic E-state index is 13.6. The normalized spacial score (nSPS) is 15.7. The van der Waals surface area contributed by atoms with Gasteiger partial charge in [-0.1, -0.05) is 17.7 Å². The van der Waals surface area contributed by atoms with Crippen LogP contribution < -0.4 is 0 Å². The van der Waals surface area contributed by atoms with E-state index < -0.39 is 5.82 Å². The molecule has 0 aromatic heterocycles. The lowest BCUT2D eigenvalue weighted by atomic mass is 10.1. The summed E-state index contributed by atoms with van der Waals surface area (Å²) in [6.07, 6.45) is 2.87. The van der Waals surface area contributed by atoms with Crippen molar-refractivity contribution in [1.29, 1.82) is 0 Å². The molecule has 0 atom stereocenters. The Balaban J connectivity index is 2.26. The predicted octanol–water partition coefficient (Wildman–Crippen LogP) is 3.38. The van der Waals surface area contributed by atoms with Gasteiger partial charge in [0.25, 0.3) is 5.91 Å². The summed E-state index contributed by atoms with van der Waals surface area (Å²) in [6, 6.07) is 4.57. The van der Waals surface area contributed by atoms with E-state index in [9.17, 15) is 9.18 Å². The summed E-state index contributed by atoms with van der Waals surface area (Å²) in [5.74, 6) is -0.727. The first-order valence-electron chi connectivity index (χ1n) is 5.48. The fraction of sp³-hybridized carbons (Fsp3) is 0.308. The number of hydrogen-bond donors (Lipinski definition) is 0. The number of benzene rings is 1. The second-order valence-electron chi connectivity index (χ2n) is 4.15. The van der Waals surface area contributed by atoms with Crippen molar-refractivity contribution < 1.29 is 9.18 Å². The van der Waals surface area contributed by atoms with Crippen molar-refractivity contribution in [2.45, 2.75) is 13.3 Å². The monoisotopic (exact) mass is 297 g/mol. The summed E-state index contributed by atoms with van der Waals surface area (Å²) in [4.78, 5) is 13.8. The molecule has 0 saturated heterocycles. The van der Waals surface area contributed by atoms with Crippen LogP contribution in [0.5, 0.6) is 0 Å². The van der Waals surface area contributed by atoms with Gasteiger partial charge in [0.1, 0.15) is 5.82 Å². The Labute approximate surface area is 108 Å². The molecule has 1 amide bonds. The lowest BCUT2D eigenvalue weighted by Crippen LogP contribution is -2.35. The molecule has 0 radical (unpaired) electrons. The zero-order valence-electron chi connectivity index (χ0n) is 9.54. The average Bonchev–Trinajstić information content (AvgIpc) is 2.29. The topological polar surface area (TPSA) is 20.3 Å². The molecule has 0 unspecified atom stereocenters. The highest BCUT2D eigenvalue weighted by Gasteiger charge is 2.22. The van der Waals surface area contributed by atoms with Crippen molar-refractivity contribution in [2.24, 2.45) is 0 Å². The predicted molar refractivity (Wildman–Crippen MR) is 68.4 cm³/mol. The van der Waals surface area contributed by atoms with E-state index >= 15 is 0 Å². The van der Waals surface area contributed by atoms with E-state index in [1.807, 2.05) is 13.0 Å². The van der Waals surface area contributed by atoms with E-state index in [0.29, 0.717) is 17.6 Å². The highest BCUT2D eigenvalue weighted by atomic mass is 79.9. The molecule has 17 heavy (non-hydrogen) atoms. The van der Waals surface area contributed by atoms with Crippen LogP contribution >= 0.6 is 15.9 Å². The highest BCUT2D eigenvalue weighted by molar-refractivity contribution is 9.10. The van der Waals surface area contributed by atoms with Gasteiger partial charge in [-0.05, 0) is 41.4 Å². The van der Waals surface area contributed by atoms with Crippen LogP contribution in [0.1, 0.15) is 23.7 Å². The third-order valence-electron chi connectivity index (χ3n) is 2.90. The minimum absolute atomic E-state index is 0.125. The first-order chi connectivity index (χ1) is 8.09. The number of carbonyl (C=O) groups is 1. The average molecular weight is 298 g/mol. The lowest BCUT2D eigenvalue weighted by Gasteiger charge is -2.26. The Morgan fingerprint density at radius 1 is 1.47 bits per heavy atom. The van der Waals surface area contributed by atoms with E-state index in [-0.39, 0.29) is 11.5 Å². The van der Waals surface area contributed by atoms with Crippen molar-refractivity contribution in [3.63, 3.8) is 0 Å². The Kier molecular flexibility index (Phi) is 3.62. The highest BCUT2D eigenvalue weighted by Crippen LogP contribution is 2.22. The number of nitrogens with zero attached hydrogens (tertiary/aromatic N) is 1. The van der Waals surface area contributed by atoms with Crippen LogP contribution in [0.15, 0.2) is 34.3 Å². The molecule has 0 saturated carbocycles. The molecule has 2 rings (SSSR count). The van der Waals surface area contributed by atoms with Crippen molar-refractivity contribution in [2.75, 3.05) is 13.1 Å². The Morgan fingerprint density at radius 3 is 2.82 bits per heavy atom. The zero-order chi connectivity index (χ0) is 12.4. The molecular weight excluding hydrogens is 285 g/mol. The number of rotatable bonds is 1. The second kappa shape index (κ2) is 5.00. The van der Waals surface area contributed by atoms with Crippen LogP contribution in [0, 0.1) is 5.82 Å². The quantitative estimate of drug-likeness (QED) is 0.728. The zero-order valence-corrected chi connectivity index (χ0v) is 11.1. The summed E-state index contributed by atoms with van der Waals surface area (Å²) in [5.41, 5.74) is 1.40. The van der Waals surface area contributed by atoms with Gasteiger partial charge in [-0.2, -0.15) is 0 Å². The summed E-state index contributed by atoms with van der Waals surface area (Å²) in [5, 5.41) is 0. The fourth-order valence-electron chi connectivity index (χ4n) is 1.82. The number of amides is 1. The third-order valence-corrected chi connectivity index (χ3v) is 3.56. The van der Waals surface area contributed by atoms with Gasteiger partial charge in [0.15, 0.2) is 0 Å². The van der Waals surface area contributed by atoms with Gasteiger partial charge in [0, 0.05) is 17.6 Å². The number of halogens is 2. The number of hydrogen-bond acceptors (Lipinski definition) is 1. The van der Waals surface area contributed by atoms with Crippen LogP contribution in [-0.2, 0) is 0 Å². The van der Waals surface area contributed by atoms with E-state index in [1.54, 1.807) is 17.0 Å². The van der Waals surface area contributed by atoms with Gasteiger partial charge in [0.2, 0.25) is 0 Å². The fourth-order valence-corrected chi connectivity index (χ4v) is 2.33. The molecule has 0 fully saturated rings. The van der Waals surface area contributed by atoms with Crippen molar-refractivity contribution in [3.8, 4) is 0 Å². The summed E-state index contributed by atoms with van der Waals surface area (Å²) < 4.78 is 14.1. The van der Waals surface area contributed by atoms with Gasteiger partial charge in [-0.25, -0.2) is 4.39 Å².